The molecular weight excluding hydrogens is 498 g/mol. The molecule has 5 atom stereocenters. The van der Waals surface area contributed by atoms with Gasteiger partial charge in [0.25, 0.3) is 5.91 Å². The topological polar surface area (TPSA) is 95.5 Å². The van der Waals surface area contributed by atoms with E-state index in [0.29, 0.717) is 12.2 Å². The van der Waals surface area contributed by atoms with Gasteiger partial charge in [0.1, 0.15) is 23.9 Å². The van der Waals surface area contributed by atoms with Crippen molar-refractivity contribution in [3.05, 3.63) is 108 Å². The summed E-state index contributed by atoms with van der Waals surface area (Å²) < 4.78 is 31.1. The number of nitrogens with one attached hydrogen (secondary N) is 1. The number of hydrogen-bond acceptors (Lipinski definition) is 7. The third kappa shape index (κ3) is 6.38. The highest BCUT2D eigenvalue weighted by Gasteiger charge is 2.61. The zero-order valence-corrected chi connectivity index (χ0v) is 22.2. The van der Waals surface area contributed by atoms with Crippen molar-refractivity contribution >= 4 is 5.91 Å². The highest BCUT2D eigenvalue weighted by molar-refractivity contribution is 5.94. The van der Waals surface area contributed by atoms with Crippen LogP contribution < -0.4 is 5.32 Å². The summed E-state index contributed by atoms with van der Waals surface area (Å²) in [6, 6.07) is 28.3. The van der Waals surface area contributed by atoms with Gasteiger partial charge >= 0.3 is 0 Å². The maximum absolute atomic E-state index is 13.4. The van der Waals surface area contributed by atoms with Gasteiger partial charge in [-0.1, -0.05) is 78.9 Å². The summed E-state index contributed by atoms with van der Waals surface area (Å²) in [7, 11) is 0. The summed E-state index contributed by atoms with van der Waals surface area (Å²) >= 11 is 0. The van der Waals surface area contributed by atoms with Crippen LogP contribution in [0.4, 0.5) is 0 Å². The second kappa shape index (κ2) is 12.0. The Labute approximate surface area is 228 Å². The maximum Gasteiger partial charge on any atom is 0.251 e. The number of ether oxygens (including phenoxy) is 5. The molecule has 5 rings (SSSR count). The van der Waals surface area contributed by atoms with Gasteiger partial charge in [-0.05, 0) is 37.1 Å². The summed E-state index contributed by atoms with van der Waals surface area (Å²) in [5.74, 6) is -1.23. The number of aliphatic hydroxyl groups is 1. The molecule has 2 N–H and O–H groups in total. The van der Waals surface area contributed by atoms with Crippen LogP contribution in [0, 0.1) is 0 Å². The molecule has 2 aliphatic rings. The van der Waals surface area contributed by atoms with Crippen LogP contribution in [0.2, 0.25) is 0 Å². The molecule has 3 aromatic rings. The Bertz CT molecular complexity index is 1210. The Morgan fingerprint density at radius 1 is 0.897 bits per heavy atom. The monoisotopic (exact) mass is 533 g/mol. The summed E-state index contributed by atoms with van der Waals surface area (Å²) in [4.78, 5) is 13.4. The number of hydrogen-bond donors (Lipinski definition) is 2. The van der Waals surface area contributed by atoms with E-state index < -0.39 is 42.5 Å². The second-order valence-electron chi connectivity index (χ2n) is 10.4. The lowest BCUT2D eigenvalue weighted by Crippen LogP contribution is -2.66. The average Bonchev–Trinajstić information content (AvgIpc) is 3.44. The normalized spacial score (nSPS) is 25.1. The van der Waals surface area contributed by atoms with Crippen molar-refractivity contribution in [3.63, 3.8) is 0 Å². The Balaban J connectivity index is 1.43. The summed E-state index contributed by atoms with van der Waals surface area (Å²) in [6.07, 6.45) is -2.80. The van der Waals surface area contributed by atoms with E-state index in [1.165, 1.54) is 0 Å². The lowest BCUT2D eigenvalue weighted by atomic mass is 9.88. The standard InChI is InChI=1S/C31H35NO7/c1-30(2)38-26-25(36-19-23-14-8-4-9-15-23)27(37-29(26)39-30)31(20-33,21-35-18-22-12-6-3-7-13-22)32-28(34)24-16-10-5-11-17-24/h3-17,25-27,29,33H,18-21H2,1-2H3,(H,32,34)/t25-,26-,27+,29-,31-/m1/s1. The molecule has 2 saturated heterocycles. The number of aliphatic hydroxyl groups excluding tert-OH is 1. The van der Waals surface area contributed by atoms with Crippen LogP contribution in [0.3, 0.4) is 0 Å². The van der Waals surface area contributed by atoms with E-state index >= 15 is 0 Å². The van der Waals surface area contributed by atoms with Crippen LogP contribution in [0.5, 0.6) is 0 Å². The van der Waals surface area contributed by atoms with Crippen molar-refractivity contribution in [1.82, 2.24) is 5.32 Å². The zero-order valence-electron chi connectivity index (χ0n) is 22.2. The molecule has 0 bridgehead atoms. The molecule has 0 aromatic heterocycles. The predicted molar refractivity (Wildman–Crippen MR) is 144 cm³/mol. The van der Waals surface area contributed by atoms with Crippen LogP contribution in [-0.2, 0) is 36.9 Å². The minimum Gasteiger partial charge on any atom is -0.394 e. The molecule has 0 spiro atoms. The predicted octanol–water partition coefficient (Wildman–Crippen LogP) is 3.83. The molecule has 8 heteroatoms. The van der Waals surface area contributed by atoms with Crippen molar-refractivity contribution in [3.8, 4) is 0 Å². The molecule has 1 amide bonds. The molecule has 39 heavy (non-hydrogen) atoms. The molecule has 3 aromatic carbocycles. The van der Waals surface area contributed by atoms with Crippen molar-refractivity contribution in [1.29, 1.82) is 0 Å². The number of carbonyl (C=O) groups is 1. The Hall–Kier alpha value is -3.11. The van der Waals surface area contributed by atoms with Crippen LogP contribution >= 0.6 is 0 Å². The molecule has 2 heterocycles. The fourth-order valence-corrected chi connectivity index (χ4v) is 5.05. The molecule has 0 unspecified atom stereocenters. The van der Waals surface area contributed by atoms with Crippen molar-refractivity contribution in [2.45, 2.75) is 63.0 Å². The fourth-order valence-electron chi connectivity index (χ4n) is 5.05. The summed E-state index contributed by atoms with van der Waals surface area (Å²) in [6.45, 7) is 3.72. The van der Waals surface area contributed by atoms with E-state index in [4.69, 9.17) is 23.7 Å². The van der Waals surface area contributed by atoms with Gasteiger partial charge in [-0.15, -0.1) is 0 Å². The van der Waals surface area contributed by atoms with E-state index in [1.54, 1.807) is 24.3 Å². The smallest absolute Gasteiger partial charge is 0.251 e. The molecule has 2 fully saturated rings. The van der Waals surface area contributed by atoms with Crippen molar-refractivity contribution < 1.29 is 33.6 Å². The highest BCUT2D eigenvalue weighted by Crippen LogP contribution is 2.42. The number of carbonyl (C=O) groups excluding carboxylic acids is 1. The van der Waals surface area contributed by atoms with Gasteiger partial charge in [0, 0.05) is 5.56 Å². The summed E-state index contributed by atoms with van der Waals surface area (Å²) in [5.41, 5.74) is 1.03. The van der Waals surface area contributed by atoms with Crippen LogP contribution in [0.1, 0.15) is 35.3 Å². The lowest BCUT2D eigenvalue weighted by molar-refractivity contribution is -0.233. The first-order valence-electron chi connectivity index (χ1n) is 13.2. The molecule has 8 nitrogen and oxygen atoms in total. The van der Waals surface area contributed by atoms with Crippen LogP contribution in [0.25, 0.3) is 0 Å². The van der Waals surface area contributed by atoms with Gasteiger partial charge in [-0.3, -0.25) is 4.79 Å². The van der Waals surface area contributed by atoms with E-state index in [2.05, 4.69) is 5.32 Å². The van der Waals surface area contributed by atoms with Gasteiger partial charge < -0.3 is 34.1 Å². The van der Waals surface area contributed by atoms with Crippen LogP contribution in [-0.4, -0.2) is 60.2 Å². The molecule has 2 aliphatic heterocycles. The van der Waals surface area contributed by atoms with Gasteiger partial charge in [0.05, 0.1) is 26.4 Å². The number of amides is 1. The van der Waals surface area contributed by atoms with Gasteiger partial charge in [-0.2, -0.15) is 0 Å². The minimum absolute atomic E-state index is 0.0321. The van der Waals surface area contributed by atoms with Crippen LogP contribution in [0.15, 0.2) is 91.0 Å². The number of rotatable bonds is 11. The number of benzene rings is 3. The minimum atomic E-state index is -1.36. The quantitative estimate of drug-likeness (QED) is 0.387. The average molecular weight is 534 g/mol. The van der Waals surface area contributed by atoms with Gasteiger partial charge in [-0.25, -0.2) is 0 Å². The first-order chi connectivity index (χ1) is 18.9. The van der Waals surface area contributed by atoms with E-state index in [9.17, 15) is 9.90 Å². The summed E-state index contributed by atoms with van der Waals surface area (Å²) in [5, 5.41) is 13.9. The van der Waals surface area contributed by atoms with Gasteiger partial charge in [0.2, 0.25) is 0 Å². The van der Waals surface area contributed by atoms with Crippen molar-refractivity contribution in [2.75, 3.05) is 13.2 Å². The molecular formula is C31H35NO7. The third-order valence-corrected chi connectivity index (χ3v) is 6.97. The molecule has 0 saturated carbocycles. The highest BCUT2D eigenvalue weighted by atomic mass is 16.8. The fraction of sp³-hybridized carbons (Fsp3) is 0.387. The maximum atomic E-state index is 13.4. The second-order valence-corrected chi connectivity index (χ2v) is 10.4. The molecule has 206 valence electrons. The van der Waals surface area contributed by atoms with E-state index in [-0.39, 0.29) is 19.1 Å². The zero-order chi connectivity index (χ0) is 27.3. The Morgan fingerprint density at radius 3 is 2.10 bits per heavy atom. The first kappa shape index (κ1) is 27.5. The first-order valence-corrected chi connectivity index (χ1v) is 13.2. The molecule has 0 radical (unpaired) electrons. The molecule has 0 aliphatic carbocycles. The van der Waals surface area contributed by atoms with E-state index in [0.717, 1.165) is 11.1 Å². The Kier molecular flexibility index (Phi) is 8.42. The Morgan fingerprint density at radius 2 is 1.49 bits per heavy atom. The largest absolute Gasteiger partial charge is 0.394 e. The van der Waals surface area contributed by atoms with Crippen molar-refractivity contribution in [2.24, 2.45) is 0 Å². The third-order valence-electron chi connectivity index (χ3n) is 6.97. The van der Waals surface area contributed by atoms with Gasteiger partial charge in [0.15, 0.2) is 12.1 Å². The van der Waals surface area contributed by atoms with E-state index in [1.807, 2.05) is 80.6 Å². The lowest BCUT2D eigenvalue weighted by Gasteiger charge is -2.40. The number of fused-ring (bicyclic) bond motifs is 1. The SMILES string of the molecule is CC1(C)O[C@H]2O[C@H]([C@@](CO)(COCc3ccccc3)NC(=O)c3ccccc3)[C@H](OCc3ccccc3)[C@H]2O1.